The first kappa shape index (κ1) is 55.8. The maximum Gasteiger partial charge on any atom is 1.00 e. The maximum absolute atomic E-state index is 10.6. The summed E-state index contributed by atoms with van der Waals surface area (Å²) in [7, 11) is -3.57. The van der Waals surface area contributed by atoms with Gasteiger partial charge in [-0.3, -0.25) is 9.27 Å². The summed E-state index contributed by atoms with van der Waals surface area (Å²) in [5.74, 6) is 0.943. The van der Waals surface area contributed by atoms with E-state index in [0.29, 0.717) is 12.8 Å². The average Bonchev–Trinajstić information content (AvgIpc) is 3.64. The summed E-state index contributed by atoms with van der Waals surface area (Å²) in [5.41, 5.74) is 5.00. The second-order valence-electron chi connectivity index (χ2n) is 11.1. The van der Waals surface area contributed by atoms with Crippen LogP contribution in [-0.4, -0.2) is 34.2 Å². The van der Waals surface area contributed by atoms with Crippen molar-refractivity contribution in [3.05, 3.63) is 168 Å². The largest absolute Gasteiger partial charge is 1.00 e. The van der Waals surface area contributed by atoms with Crippen molar-refractivity contribution in [1.29, 1.82) is 5.26 Å². The topological polar surface area (TPSA) is 118 Å². The van der Waals surface area contributed by atoms with E-state index in [1.807, 2.05) is 78.9 Å². The monoisotopic (exact) mass is 889 g/mol. The SMILES string of the molecule is C.C.CS(=O)(=O)O/N=C(/Cl)CCc1ccccc1.Cc1ccc(S)cc1.Cc1ccc(Sc2nc(CCc3ccccc3)ns2)cc1.N#C[S-].[Na+].c1ccncc1. The minimum Gasteiger partial charge on any atom is -0.696 e. The molecular weight excluding hydrogens is 841 g/mol. The normalized spacial score (nSPS) is 9.72. The van der Waals surface area contributed by atoms with E-state index < -0.39 is 10.1 Å². The number of pyridine rings is 1. The summed E-state index contributed by atoms with van der Waals surface area (Å²) in [4.78, 5) is 10.6. The molecule has 0 atom stereocenters. The van der Waals surface area contributed by atoms with Gasteiger partial charge in [0.05, 0.1) is 6.26 Å². The molecule has 0 unspecified atom stereocenters. The summed E-state index contributed by atoms with van der Waals surface area (Å²) < 4.78 is 30.9. The van der Waals surface area contributed by atoms with Crippen LogP contribution in [0, 0.1) is 24.5 Å². The van der Waals surface area contributed by atoms with Crippen LogP contribution < -0.4 is 29.6 Å². The fraction of sp³-hybridized carbons (Fsp3) is 0.214. The second-order valence-corrected chi connectivity index (χ2v) is 15.8. The summed E-state index contributed by atoms with van der Waals surface area (Å²) in [6.07, 6.45) is 7.44. The number of thiocyanates is 1. The molecule has 0 spiro atoms. The zero-order chi connectivity index (χ0) is 39.4. The second kappa shape index (κ2) is 33.7. The molecule has 2 aromatic heterocycles. The predicted octanol–water partition coefficient (Wildman–Crippen LogP) is 8.59. The van der Waals surface area contributed by atoms with Crippen molar-refractivity contribution < 1.29 is 42.3 Å². The Morgan fingerprint density at radius 1 is 0.825 bits per heavy atom. The molecule has 0 radical (unpaired) electrons. The molecule has 0 saturated heterocycles. The number of aromatic nitrogens is 3. The first-order chi connectivity index (χ1) is 26.0. The molecule has 0 bridgehead atoms. The molecule has 0 N–H and O–H groups in total. The van der Waals surface area contributed by atoms with Crippen molar-refractivity contribution in [1.82, 2.24) is 14.3 Å². The third-order valence-electron chi connectivity index (χ3n) is 6.49. The van der Waals surface area contributed by atoms with Crippen LogP contribution >= 0.6 is 47.5 Å². The molecule has 2 heterocycles. The molecule has 298 valence electrons. The van der Waals surface area contributed by atoms with E-state index in [1.165, 1.54) is 38.5 Å². The number of hydrogen-bond donors (Lipinski definition) is 1. The van der Waals surface area contributed by atoms with Gasteiger partial charge in [0.25, 0.3) is 0 Å². The third-order valence-corrected chi connectivity index (χ3v) is 9.19. The Balaban J connectivity index is 0. The molecule has 8 nitrogen and oxygen atoms in total. The van der Waals surface area contributed by atoms with Crippen LogP contribution in [0.3, 0.4) is 0 Å². The molecule has 6 aromatic rings. The van der Waals surface area contributed by atoms with Crippen LogP contribution in [0.15, 0.2) is 159 Å². The van der Waals surface area contributed by atoms with Gasteiger partial charge < -0.3 is 12.6 Å². The zero-order valence-electron chi connectivity index (χ0n) is 31.0. The van der Waals surface area contributed by atoms with Crippen LogP contribution in [0.1, 0.15) is 49.4 Å². The molecular formula is C42H49ClN5NaO3S5. The van der Waals surface area contributed by atoms with Crippen molar-refractivity contribution in [2.24, 2.45) is 5.16 Å². The van der Waals surface area contributed by atoms with E-state index in [-0.39, 0.29) is 49.6 Å². The fourth-order valence-corrected chi connectivity index (χ4v) is 6.07. The molecule has 15 heteroatoms. The Morgan fingerprint density at radius 2 is 1.30 bits per heavy atom. The first-order valence-electron chi connectivity index (χ1n) is 16.3. The van der Waals surface area contributed by atoms with Crippen LogP contribution in [0.4, 0.5) is 0 Å². The number of rotatable bonds is 10. The summed E-state index contributed by atoms with van der Waals surface area (Å²) in [6.45, 7) is 4.16. The minimum absolute atomic E-state index is 0. The van der Waals surface area contributed by atoms with E-state index in [4.69, 9.17) is 16.9 Å². The van der Waals surface area contributed by atoms with Crippen molar-refractivity contribution in [2.75, 3.05) is 6.26 Å². The van der Waals surface area contributed by atoms with Gasteiger partial charge in [0.15, 0.2) is 4.34 Å². The Labute approximate surface area is 387 Å². The van der Waals surface area contributed by atoms with Crippen molar-refractivity contribution >= 4 is 75.4 Å². The van der Waals surface area contributed by atoms with Crippen LogP contribution in [-0.2, 0) is 46.3 Å². The van der Waals surface area contributed by atoms with E-state index in [2.05, 4.69) is 111 Å². The Bertz CT molecular complexity index is 2010. The van der Waals surface area contributed by atoms with Crippen molar-refractivity contribution in [3.8, 4) is 5.40 Å². The summed E-state index contributed by atoms with van der Waals surface area (Å²) >= 11 is 16.7. The first-order valence-corrected chi connectivity index (χ1v) is 21.0. The Hall–Kier alpha value is -3.29. The standard InChI is InChI=1S/C17H16N2S2.C10H12ClNO3S.C7H8S.C5H5N.CHNS.2CH4.Na/c1-13-7-10-15(11-8-13)20-17-18-16(19-21-17)12-9-14-5-3-2-4-6-14;1-16(13,14)15-12-10(11)8-7-9-5-3-2-4-6-9;1-6-2-4-7(8)5-3-6;1-2-4-6-5-3-1;2-1-3;;;/h2-8,10-11H,9,12H2,1H3;2-6H,7-8H2,1H3;2-5,8H,1H3;1-5H;3H;2*1H4;/q;;;;;;;+1/p-1/b;12-10+;;;;;;. The number of oxime groups is 1. The molecule has 0 aliphatic carbocycles. The van der Waals surface area contributed by atoms with E-state index in [0.717, 1.165) is 39.7 Å². The van der Waals surface area contributed by atoms with Crippen molar-refractivity contribution in [2.45, 2.75) is 68.5 Å². The van der Waals surface area contributed by atoms with Gasteiger partial charge in [-0.1, -0.05) is 151 Å². The van der Waals surface area contributed by atoms with Gasteiger partial charge in [-0.25, -0.2) is 10.2 Å². The minimum atomic E-state index is -3.57. The molecule has 0 aliphatic rings. The van der Waals surface area contributed by atoms with Crippen LogP contribution in [0.25, 0.3) is 0 Å². The molecule has 0 amide bonds. The predicted molar refractivity (Wildman–Crippen MR) is 242 cm³/mol. The van der Waals surface area contributed by atoms with Crippen molar-refractivity contribution in [3.63, 3.8) is 0 Å². The van der Waals surface area contributed by atoms with Crippen LogP contribution in [0.2, 0.25) is 0 Å². The number of hydrogen-bond acceptors (Lipinski definition) is 12. The number of nitriles is 1. The number of thiol groups is 1. The van der Waals surface area contributed by atoms with Gasteiger partial charge in [0.1, 0.15) is 11.0 Å². The quantitative estimate of drug-likeness (QED) is 0.0361. The third kappa shape index (κ3) is 29.6. The molecule has 0 fully saturated rings. The summed E-state index contributed by atoms with van der Waals surface area (Å²) in [5, 5.41) is 11.9. The van der Waals surface area contributed by atoms with E-state index in [9.17, 15) is 8.42 Å². The average molecular weight is 891 g/mol. The smallest absolute Gasteiger partial charge is 0.696 e. The van der Waals surface area contributed by atoms with Gasteiger partial charge >= 0.3 is 39.7 Å². The number of aryl methyl sites for hydroxylation is 5. The number of halogens is 1. The van der Waals surface area contributed by atoms with Crippen LogP contribution in [0.5, 0.6) is 0 Å². The van der Waals surface area contributed by atoms with Gasteiger partial charge in [-0.2, -0.15) is 12.8 Å². The molecule has 0 aliphatic heterocycles. The van der Waals surface area contributed by atoms with Gasteiger partial charge in [-0.15, -0.1) is 12.6 Å². The van der Waals surface area contributed by atoms with Gasteiger partial charge in [0.2, 0.25) is 0 Å². The summed E-state index contributed by atoms with van der Waals surface area (Å²) in [6, 6.07) is 42.5. The number of benzene rings is 4. The number of nitrogens with zero attached hydrogens (tertiary/aromatic N) is 5. The molecule has 4 aromatic carbocycles. The molecule has 57 heavy (non-hydrogen) atoms. The van der Waals surface area contributed by atoms with E-state index in [1.54, 1.807) is 24.2 Å². The zero-order valence-corrected chi connectivity index (χ0v) is 37.9. The maximum atomic E-state index is 10.6. The van der Waals surface area contributed by atoms with Gasteiger partial charge in [-0.05, 0) is 85.7 Å². The molecule has 6 rings (SSSR count). The van der Waals surface area contributed by atoms with E-state index >= 15 is 0 Å². The molecule has 0 saturated carbocycles. The van der Waals surface area contributed by atoms with Gasteiger partial charge in [0, 0.05) is 35.0 Å². The Morgan fingerprint density at radius 3 is 1.74 bits per heavy atom. The fourth-order valence-electron chi connectivity index (χ4n) is 3.89. The Kier molecular flexibility index (Phi) is 33.0.